The summed E-state index contributed by atoms with van der Waals surface area (Å²) in [7, 11) is 3.22. The van der Waals surface area contributed by atoms with Crippen molar-refractivity contribution in [2.24, 2.45) is 0 Å². The van der Waals surface area contributed by atoms with E-state index in [1.54, 1.807) is 34.9 Å². The van der Waals surface area contributed by atoms with Crippen LogP contribution in [-0.4, -0.2) is 65.9 Å². The SMILES string of the molecule is CN(C)C(=O)[C@H](CCCCN1C(=O)C=CC1=O)NC(=O)OC(C)(C)C. The second-order valence-electron chi connectivity index (χ2n) is 7.09. The van der Waals surface area contributed by atoms with Crippen LogP contribution >= 0.6 is 0 Å². The second-order valence-corrected chi connectivity index (χ2v) is 7.09. The number of rotatable bonds is 7. The molecule has 1 N–H and O–H groups in total. The standard InChI is InChI=1S/C17H27N3O5/c1-17(2,3)25-16(24)18-12(15(23)19(4)5)8-6-7-11-20-13(21)9-10-14(20)22/h9-10,12H,6-8,11H2,1-5H3,(H,18,24)/t12-/m0/s1. The van der Waals surface area contributed by atoms with Crippen LogP contribution in [0.1, 0.15) is 40.0 Å². The van der Waals surface area contributed by atoms with E-state index in [4.69, 9.17) is 4.74 Å². The first-order valence-electron chi connectivity index (χ1n) is 8.25. The van der Waals surface area contributed by atoms with Crippen LogP contribution in [0.2, 0.25) is 0 Å². The summed E-state index contributed by atoms with van der Waals surface area (Å²) in [6, 6.07) is -0.715. The van der Waals surface area contributed by atoms with Gasteiger partial charge in [0.15, 0.2) is 0 Å². The lowest BCUT2D eigenvalue weighted by molar-refractivity contribution is -0.137. The number of imide groups is 1. The molecule has 25 heavy (non-hydrogen) atoms. The molecule has 140 valence electrons. The van der Waals surface area contributed by atoms with E-state index in [1.165, 1.54) is 17.1 Å². The van der Waals surface area contributed by atoms with E-state index in [0.29, 0.717) is 25.8 Å². The van der Waals surface area contributed by atoms with Crippen molar-refractivity contribution in [2.75, 3.05) is 20.6 Å². The zero-order valence-electron chi connectivity index (χ0n) is 15.5. The van der Waals surface area contributed by atoms with E-state index >= 15 is 0 Å². The second kappa shape index (κ2) is 8.64. The molecule has 1 atom stereocenters. The van der Waals surface area contributed by atoms with E-state index in [1.807, 2.05) is 0 Å². The number of ether oxygens (including phenoxy) is 1. The van der Waals surface area contributed by atoms with Crippen molar-refractivity contribution in [3.05, 3.63) is 12.2 Å². The Bertz CT molecular complexity index is 545. The largest absolute Gasteiger partial charge is 0.444 e. The van der Waals surface area contributed by atoms with Crippen molar-refractivity contribution in [1.82, 2.24) is 15.1 Å². The zero-order valence-corrected chi connectivity index (χ0v) is 15.5. The van der Waals surface area contributed by atoms with Crippen LogP contribution in [0.5, 0.6) is 0 Å². The maximum atomic E-state index is 12.2. The molecule has 8 heteroatoms. The minimum atomic E-state index is -0.715. The molecule has 0 spiro atoms. The molecule has 0 radical (unpaired) electrons. The Labute approximate surface area is 148 Å². The number of hydrogen-bond acceptors (Lipinski definition) is 5. The fraction of sp³-hybridized carbons (Fsp3) is 0.647. The number of nitrogens with one attached hydrogen (secondary N) is 1. The van der Waals surface area contributed by atoms with Crippen LogP contribution in [0.25, 0.3) is 0 Å². The molecule has 0 unspecified atom stereocenters. The van der Waals surface area contributed by atoms with Gasteiger partial charge in [-0.3, -0.25) is 19.3 Å². The normalized spacial score (nSPS) is 15.3. The minimum Gasteiger partial charge on any atom is -0.444 e. The molecule has 1 aliphatic rings. The first-order chi connectivity index (χ1) is 11.5. The molecule has 4 amide bonds. The van der Waals surface area contributed by atoms with Crippen molar-refractivity contribution < 1.29 is 23.9 Å². The van der Waals surface area contributed by atoms with Gasteiger partial charge < -0.3 is 15.0 Å². The first kappa shape index (κ1) is 20.7. The summed E-state index contributed by atoms with van der Waals surface area (Å²) in [5.41, 5.74) is -0.653. The third-order valence-corrected chi connectivity index (χ3v) is 3.45. The van der Waals surface area contributed by atoms with Crippen molar-refractivity contribution in [2.45, 2.75) is 51.7 Å². The number of alkyl carbamates (subject to hydrolysis) is 1. The predicted molar refractivity (Wildman–Crippen MR) is 91.6 cm³/mol. The predicted octanol–water partition coefficient (Wildman–Crippen LogP) is 1.06. The van der Waals surface area contributed by atoms with Gasteiger partial charge in [0.1, 0.15) is 11.6 Å². The topological polar surface area (TPSA) is 96.0 Å². The number of carbonyl (C=O) groups excluding carboxylic acids is 4. The van der Waals surface area contributed by atoms with E-state index < -0.39 is 17.7 Å². The average Bonchev–Trinajstić information content (AvgIpc) is 2.78. The summed E-state index contributed by atoms with van der Waals surface area (Å²) in [4.78, 5) is 49.6. The van der Waals surface area contributed by atoms with Gasteiger partial charge in [0.05, 0.1) is 0 Å². The lowest BCUT2D eigenvalue weighted by Crippen LogP contribution is -2.47. The number of likely N-dealkylation sites (N-methyl/N-ethyl adjacent to an activating group) is 1. The van der Waals surface area contributed by atoms with Gasteiger partial charge in [-0.05, 0) is 40.0 Å². The summed E-state index contributed by atoms with van der Waals surface area (Å²) < 4.78 is 5.19. The quantitative estimate of drug-likeness (QED) is 0.545. The van der Waals surface area contributed by atoms with Gasteiger partial charge >= 0.3 is 6.09 Å². The van der Waals surface area contributed by atoms with E-state index in [0.717, 1.165) is 4.90 Å². The molecule has 0 fully saturated rings. The third-order valence-electron chi connectivity index (χ3n) is 3.45. The molecule has 8 nitrogen and oxygen atoms in total. The lowest BCUT2D eigenvalue weighted by Gasteiger charge is -2.25. The molecule has 0 saturated carbocycles. The zero-order chi connectivity index (χ0) is 19.2. The fourth-order valence-electron chi connectivity index (χ4n) is 2.29. The van der Waals surface area contributed by atoms with Crippen LogP contribution in [0.3, 0.4) is 0 Å². The molecule has 0 aromatic rings. The van der Waals surface area contributed by atoms with Crippen LogP contribution in [-0.2, 0) is 19.1 Å². The highest BCUT2D eigenvalue weighted by atomic mass is 16.6. The lowest BCUT2D eigenvalue weighted by atomic mass is 10.1. The first-order valence-corrected chi connectivity index (χ1v) is 8.25. The Hall–Kier alpha value is -2.38. The van der Waals surface area contributed by atoms with Gasteiger partial charge in [-0.2, -0.15) is 0 Å². The van der Waals surface area contributed by atoms with Crippen LogP contribution in [0.15, 0.2) is 12.2 Å². The van der Waals surface area contributed by atoms with Crippen LogP contribution in [0.4, 0.5) is 4.79 Å². The Morgan fingerprint density at radius 2 is 1.72 bits per heavy atom. The number of carbonyl (C=O) groups is 4. The third kappa shape index (κ3) is 6.94. The van der Waals surface area contributed by atoms with Gasteiger partial charge in [-0.1, -0.05) is 0 Å². The van der Waals surface area contributed by atoms with Crippen molar-refractivity contribution in [3.63, 3.8) is 0 Å². The monoisotopic (exact) mass is 353 g/mol. The van der Waals surface area contributed by atoms with Crippen LogP contribution < -0.4 is 5.32 Å². The highest BCUT2D eigenvalue weighted by molar-refractivity contribution is 6.12. The number of unbranched alkanes of at least 4 members (excludes halogenated alkanes) is 1. The van der Waals surface area contributed by atoms with Gasteiger partial charge in [-0.15, -0.1) is 0 Å². The summed E-state index contributed by atoms with van der Waals surface area (Å²) in [5, 5.41) is 2.59. The van der Waals surface area contributed by atoms with Gasteiger partial charge in [0.25, 0.3) is 11.8 Å². The van der Waals surface area contributed by atoms with Crippen molar-refractivity contribution >= 4 is 23.8 Å². The maximum Gasteiger partial charge on any atom is 0.408 e. The molecule has 0 aliphatic carbocycles. The molecule has 1 rings (SSSR count). The molecule has 1 aliphatic heterocycles. The highest BCUT2D eigenvalue weighted by Crippen LogP contribution is 2.11. The Balaban J connectivity index is 2.51. The minimum absolute atomic E-state index is 0.235. The number of amides is 4. The summed E-state index contributed by atoms with van der Waals surface area (Å²) >= 11 is 0. The van der Waals surface area contributed by atoms with E-state index in [9.17, 15) is 19.2 Å². The Kier molecular flexibility index (Phi) is 7.14. The van der Waals surface area contributed by atoms with Crippen molar-refractivity contribution in [3.8, 4) is 0 Å². The molecular formula is C17H27N3O5. The summed E-state index contributed by atoms with van der Waals surface area (Å²) in [6.45, 7) is 5.52. The molecule has 0 bridgehead atoms. The number of nitrogens with zero attached hydrogens (tertiary/aromatic N) is 2. The fourth-order valence-corrected chi connectivity index (χ4v) is 2.29. The van der Waals surface area contributed by atoms with Gasteiger partial charge in [0, 0.05) is 32.8 Å². The number of hydrogen-bond donors (Lipinski definition) is 1. The molecule has 0 aromatic heterocycles. The average molecular weight is 353 g/mol. The Morgan fingerprint density at radius 3 is 2.20 bits per heavy atom. The molecular weight excluding hydrogens is 326 g/mol. The summed E-state index contributed by atoms with van der Waals surface area (Å²) in [5.74, 6) is -0.878. The van der Waals surface area contributed by atoms with E-state index in [2.05, 4.69) is 5.32 Å². The molecule has 0 aromatic carbocycles. The van der Waals surface area contributed by atoms with E-state index in [-0.39, 0.29) is 17.7 Å². The molecule has 1 heterocycles. The van der Waals surface area contributed by atoms with Gasteiger partial charge in [-0.25, -0.2) is 4.79 Å². The van der Waals surface area contributed by atoms with Gasteiger partial charge in [0.2, 0.25) is 5.91 Å². The highest BCUT2D eigenvalue weighted by Gasteiger charge is 2.26. The maximum absolute atomic E-state index is 12.2. The van der Waals surface area contributed by atoms with Crippen LogP contribution in [0, 0.1) is 0 Å². The summed E-state index contributed by atoms with van der Waals surface area (Å²) in [6.07, 6.45) is 3.33. The Morgan fingerprint density at radius 1 is 1.16 bits per heavy atom. The molecule has 0 saturated heterocycles. The smallest absolute Gasteiger partial charge is 0.408 e. The van der Waals surface area contributed by atoms with Crippen molar-refractivity contribution in [1.29, 1.82) is 0 Å².